The number of aliphatic hydroxyl groups is 1. The van der Waals surface area contributed by atoms with Crippen molar-refractivity contribution in [2.45, 2.75) is 12.0 Å². The molecule has 0 heterocycles. The highest BCUT2D eigenvalue weighted by Gasteiger charge is 2.21. The van der Waals surface area contributed by atoms with Gasteiger partial charge in [-0.3, -0.25) is 9.59 Å². The van der Waals surface area contributed by atoms with Crippen LogP contribution >= 0.6 is 0 Å². The highest BCUT2D eigenvalue weighted by atomic mass is 16.3. The van der Waals surface area contributed by atoms with Crippen molar-refractivity contribution < 1.29 is 14.7 Å². The van der Waals surface area contributed by atoms with Gasteiger partial charge in [0.1, 0.15) is 12.0 Å². The summed E-state index contributed by atoms with van der Waals surface area (Å²) in [5, 5.41) is 20.4. The Morgan fingerprint density at radius 3 is 2.50 bits per heavy atom. The predicted molar refractivity (Wildman–Crippen MR) is 63.0 cm³/mol. The summed E-state index contributed by atoms with van der Waals surface area (Å²) < 4.78 is 0. The second-order valence-electron chi connectivity index (χ2n) is 3.64. The monoisotopic (exact) mass is 247 g/mol. The van der Waals surface area contributed by atoms with Gasteiger partial charge >= 0.3 is 0 Å². The van der Waals surface area contributed by atoms with Gasteiger partial charge in [0, 0.05) is 0 Å². The molecule has 2 amide bonds. The Morgan fingerprint density at radius 2 is 2.00 bits per heavy atom. The molecule has 0 aliphatic rings. The van der Waals surface area contributed by atoms with Crippen LogP contribution in [-0.2, 0) is 9.59 Å². The third-order valence-corrected chi connectivity index (χ3v) is 2.32. The van der Waals surface area contributed by atoms with Gasteiger partial charge in [-0.05, 0) is 5.56 Å². The fourth-order valence-electron chi connectivity index (χ4n) is 1.33. The number of hydrogen-bond acceptors (Lipinski definition) is 4. The van der Waals surface area contributed by atoms with Gasteiger partial charge in [0.05, 0.1) is 12.6 Å². The number of nitriles is 1. The zero-order valence-electron chi connectivity index (χ0n) is 9.54. The van der Waals surface area contributed by atoms with E-state index >= 15 is 0 Å². The fourth-order valence-corrected chi connectivity index (χ4v) is 1.33. The molecule has 4 N–H and O–H groups in total. The SMILES string of the molecule is N#CC(C(=O)NCC(O)C(N)=O)c1ccccc1. The molecule has 0 aliphatic carbocycles. The van der Waals surface area contributed by atoms with Crippen LogP contribution in [0.15, 0.2) is 30.3 Å². The molecule has 1 aromatic rings. The number of nitrogens with zero attached hydrogens (tertiary/aromatic N) is 1. The standard InChI is InChI=1S/C12H13N3O3/c13-6-9(8-4-2-1-3-5-8)12(18)15-7-10(16)11(14)17/h1-5,9-10,16H,7H2,(H2,14,17)(H,15,18). The molecule has 18 heavy (non-hydrogen) atoms. The smallest absolute Gasteiger partial charge is 0.248 e. The third kappa shape index (κ3) is 3.57. The zero-order chi connectivity index (χ0) is 13.5. The lowest BCUT2D eigenvalue weighted by Gasteiger charge is -2.12. The van der Waals surface area contributed by atoms with Crippen molar-refractivity contribution in [3.63, 3.8) is 0 Å². The molecule has 0 aliphatic heterocycles. The van der Waals surface area contributed by atoms with Gasteiger partial charge in [-0.15, -0.1) is 0 Å². The van der Waals surface area contributed by atoms with Gasteiger partial charge in [-0.1, -0.05) is 30.3 Å². The molecule has 2 atom stereocenters. The molecule has 1 aromatic carbocycles. The van der Waals surface area contributed by atoms with Crippen LogP contribution in [0.2, 0.25) is 0 Å². The van der Waals surface area contributed by atoms with Crippen LogP contribution in [0.3, 0.4) is 0 Å². The lowest BCUT2D eigenvalue weighted by Crippen LogP contribution is -2.41. The number of rotatable bonds is 5. The van der Waals surface area contributed by atoms with E-state index in [4.69, 9.17) is 16.1 Å². The quantitative estimate of drug-likeness (QED) is 0.635. The van der Waals surface area contributed by atoms with Gasteiger partial charge in [0.15, 0.2) is 0 Å². The van der Waals surface area contributed by atoms with Crippen molar-refractivity contribution in [2.24, 2.45) is 5.73 Å². The Bertz CT molecular complexity index is 467. The minimum Gasteiger partial charge on any atom is -0.381 e. The highest BCUT2D eigenvalue weighted by molar-refractivity contribution is 5.87. The summed E-state index contributed by atoms with van der Waals surface area (Å²) in [6, 6.07) is 10.4. The average Bonchev–Trinajstić information content (AvgIpc) is 2.38. The van der Waals surface area contributed by atoms with Crippen LogP contribution in [0.25, 0.3) is 0 Å². The molecule has 6 nitrogen and oxygen atoms in total. The van der Waals surface area contributed by atoms with E-state index < -0.39 is 23.8 Å². The number of aliphatic hydroxyl groups excluding tert-OH is 1. The van der Waals surface area contributed by atoms with E-state index in [0.29, 0.717) is 5.56 Å². The minimum atomic E-state index is -1.45. The lowest BCUT2D eigenvalue weighted by molar-refractivity contribution is -0.127. The molecule has 0 spiro atoms. The minimum absolute atomic E-state index is 0.306. The van der Waals surface area contributed by atoms with E-state index in [1.165, 1.54) is 0 Å². The van der Waals surface area contributed by atoms with Crippen LogP contribution in [-0.4, -0.2) is 29.6 Å². The number of amides is 2. The molecular weight excluding hydrogens is 234 g/mol. The number of nitrogens with one attached hydrogen (secondary N) is 1. The number of benzene rings is 1. The normalized spacial score (nSPS) is 13.1. The van der Waals surface area contributed by atoms with E-state index in [-0.39, 0.29) is 6.54 Å². The summed E-state index contributed by atoms with van der Waals surface area (Å²) in [5.41, 5.74) is 5.38. The summed E-state index contributed by atoms with van der Waals surface area (Å²) in [5.74, 6) is -2.49. The van der Waals surface area contributed by atoms with Crippen LogP contribution < -0.4 is 11.1 Å². The first kappa shape index (κ1) is 13.7. The first-order chi connectivity index (χ1) is 8.56. The largest absolute Gasteiger partial charge is 0.381 e. The summed E-state index contributed by atoms with van der Waals surface area (Å²) >= 11 is 0. The van der Waals surface area contributed by atoms with Crippen LogP contribution in [0.1, 0.15) is 11.5 Å². The van der Waals surface area contributed by atoms with Gasteiger partial charge in [0.2, 0.25) is 11.8 Å². The fraction of sp³-hybridized carbons (Fsp3) is 0.250. The second kappa shape index (κ2) is 6.37. The Hall–Kier alpha value is -2.39. The van der Waals surface area contributed by atoms with Crippen molar-refractivity contribution in [3.05, 3.63) is 35.9 Å². The molecule has 0 saturated heterocycles. The second-order valence-corrected chi connectivity index (χ2v) is 3.64. The summed E-state index contributed by atoms with van der Waals surface area (Å²) in [7, 11) is 0. The summed E-state index contributed by atoms with van der Waals surface area (Å²) in [6.45, 7) is -0.306. The Balaban J connectivity index is 2.65. The van der Waals surface area contributed by atoms with Crippen molar-refractivity contribution in [2.75, 3.05) is 6.54 Å². The van der Waals surface area contributed by atoms with Gasteiger partial charge < -0.3 is 16.2 Å². The van der Waals surface area contributed by atoms with Crippen LogP contribution in [0, 0.1) is 11.3 Å². The number of primary amides is 1. The molecule has 0 bridgehead atoms. The van der Waals surface area contributed by atoms with E-state index in [0.717, 1.165) is 0 Å². The Morgan fingerprint density at radius 1 is 1.39 bits per heavy atom. The zero-order valence-corrected chi connectivity index (χ0v) is 9.54. The molecule has 0 saturated carbocycles. The molecular formula is C12H13N3O3. The Kier molecular flexibility index (Phi) is 4.84. The number of nitrogens with two attached hydrogens (primary N) is 1. The summed E-state index contributed by atoms with van der Waals surface area (Å²) in [4.78, 5) is 22.3. The third-order valence-electron chi connectivity index (χ3n) is 2.32. The molecule has 0 radical (unpaired) electrons. The molecule has 1 rings (SSSR count). The van der Waals surface area contributed by atoms with Gasteiger partial charge in [-0.25, -0.2) is 0 Å². The number of hydrogen-bond donors (Lipinski definition) is 3. The first-order valence-electron chi connectivity index (χ1n) is 5.26. The number of carbonyl (C=O) groups excluding carboxylic acids is 2. The maximum atomic E-state index is 11.7. The topological polar surface area (TPSA) is 116 Å². The van der Waals surface area contributed by atoms with Crippen LogP contribution in [0.4, 0.5) is 0 Å². The maximum Gasteiger partial charge on any atom is 0.248 e. The van der Waals surface area contributed by atoms with Gasteiger partial charge in [-0.2, -0.15) is 5.26 Å². The first-order valence-corrected chi connectivity index (χ1v) is 5.26. The molecule has 0 aromatic heterocycles. The van der Waals surface area contributed by atoms with E-state index in [1.807, 2.05) is 6.07 Å². The van der Waals surface area contributed by atoms with Crippen molar-refractivity contribution in [1.29, 1.82) is 5.26 Å². The molecule has 6 heteroatoms. The average molecular weight is 247 g/mol. The van der Waals surface area contributed by atoms with E-state index in [2.05, 4.69) is 5.32 Å². The van der Waals surface area contributed by atoms with E-state index in [9.17, 15) is 9.59 Å². The van der Waals surface area contributed by atoms with Crippen molar-refractivity contribution in [1.82, 2.24) is 5.32 Å². The highest BCUT2D eigenvalue weighted by Crippen LogP contribution is 2.14. The van der Waals surface area contributed by atoms with Crippen LogP contribution in [0.5, 0.6) is 0 Å². The summed E-state index contributed by atoms with van der Waals surface area (Å²) in [6.07, 6.45) is -1.45. The van der Waals surface area contributed by atoms with E-state index in [1.54, 1.807) is 30.3 Å². The van der Waals surface area contributed by atoms with Crippen molar-refractivity contribution >= 4 is 11.8 Å². The predicted octanol–water partition coefficient (Wildman–Crippen LogP) is -0.744. The Labute approximate surface area is 104 Å². The lowest BCUT2D eigenvalue weighted by atomic mass is 10.00. The maximum absolute atomic E-state index is 11.7. The van der Waals surface area contributed by atoms with Crippen molar-refractivity contribution in [3.8, 4) is 6.07 Å². The molecule has 0 fully saturated rings. The molecule has 2 unspecified atom stereocenters. The van der Waals surface area contributed by atoms with Gasteiger partial charge in [0.25, 0.3) is 0 Å². The number of carbonyl (C=O) groups is 2. The molecule has 94 valence electrons.